The van der Waals surface area contributed by atoms with Crippen LogP contribution < -0.4 is 0 Å². The summed E-state index contributed by atoms with van der Waals surface area (Å²) in [5, 5.41) is 0. The van der Waals surface area contributed by atoms with Crippen LogP contribution in [0.5, 0.6) is 0 Å². The van der Waals surface area contributed by atoms with Crippen LogP contribution in [0.4, 0.5) is 0 Å². The fraction of sp³-hybridized carbons (Fsp3) is 0.467. The molecule has 1 aliphatic heterocycles. The second-order valence-electron chi connectivity index (χ2n) is 5.44. The van der Waals surface area contributed by atoms with E-state index in [1.165, 1.54) is 6.42 Å². The molecule has 2 aromatic heterocycles. The van der Waals surface area contributed by atoms with Crippen LogP contribution >= 0.6 is 0 Å². The van der Waals surface area contributed by atoms with E-state index in [2.05, 4.69) is 38.9 Å². The highest BCUT2D eigenvalue weighted by Gasteiger charge is 2.25. The van der Waals surface area contributed by atoms with Crippen molar-refractivity contribution in [2.24, 2.45) is 0 Å². The van der Waals surface area contributed by atoms with Crippen molar-refractivity contribution in [1.29, 1.82) is 0 Å². The van der Waals surface area contributed by atoms with Gasteiger partial charge in [0.15, 0.2) is 0 Å². The quantitative estimate of drug-likeness (QED) is 0.917. The number of pyridine rings is 1. The molecule has 0 amide bonds. The van der Waals surface area contributed by atoms with Gasteiger partial charge < -0.3 is 4.98 Å². The number of H-pyrrole nitrogens is 1. The molecule has 0 unspecified atom stereocenters. The molecule has 19 heavy (non-hydrogen) atoms. The topological polar surface area (TPSA) is 44.8 Å². The number of rotatable bonds is 3. The van der Waals surface area contributed by atoms with Gasteiger partial charge in [-0.05, 0) is 38.9 Å². The van der Waals surface area contributed by atoms with Crippen molar-refractivity contribution in [3.8, 4) is 0 Å². The molecule has 0 saturated carbocycles. The minimum Gasteiger partial charge on any atom is -0.346 e. The molecule has 2 aromatic rings. The van der Waals surface area contributed by atoms with E-state index >= 15 is 0 Å². The maximum Gasteiger partial charge on any atom is 0.110 e. The molecule has 1 saturated heterocycles. The molecule has 100 valence electrons. The minimum atomic E-state index is 0.540. The van der Waals surface area contributed by atoms with Gasteiger partial charge >= 0.3 is 0 Å². The van der Waals surface area contributed by atoms with Gasteiger partial charge in [0.05, 0.1) is 5.69 Å². The van der Waals surface area contributed by atoms with Crippen molar-refractivity contribution in [2.45, 2.75) is 32.7 Å². The number of imidazole rings is 1. The Morgan fingerprint density at radius 1 is 1.37 bits per heavy atom. The molecule has 1 N–H and O–H groups in total. The summed E-state index contributed by atoms with van der Waals surface area (Å²) in [6.45, 7) is 7.24. The SMILES string of the molecule is Cc1cccc(CN2CC[C@@H](c3ncc(C)[nH]3)C2)n1. The lowest BCUT2D eigenvalue weighted by molar-refractivity contribution is 0.321. The Kier molecular flexibility index (Phi) is 3.34. The number of aromatic nitrogens is 3. The molecule has 3 rings (SSSR count). The van der Waals surface area contributed by atoms with Crippen LogP contribution in [0.2, 0.25) is 0 Å². The fourth-order valence-electron chi connectivity index (χ4n) is 2.76. The number of nitrogens with one attached hydrogen (secondary N) is 1. The number of nitrogens with zero attached hydrogens (tertiary/aromatic N) is 3. The number of aryl methyl sites for hydroxylation is 2. The Morgan fingerprint density at radius 3 is 3.00 bits per heavy atom. The van der Waals surface area contributed by atoms with E-state index in [1.54, 1.807) is 0 Å². The van der Waals surface area contributed by atoms with Gasteiger partial charge in [0.25, 0.3) is 0 Å². The van der Waals surface area contributed by atoms with E-state index in [4.69, 9.17) is 0 Å². The fourth-order valence-corrected chi connectivity index (χ4v) is 2.76. The third kappa shape index (κ3) is 2.84. The summed E-state index contributed by atoms with van der Waals surface area (Å²) in [6, 6.07) is 6.24. The van der Waals surface area contributed by atoms with Gasteiger partial charge in [-0.15, -0.1) is 0 Å². The predicted octanol–water partition coefficient (Wildman–Crippen LogP) is 2.41. The van der Waals surface area contributed by atoms with Gasteiger partial charge in [-0.1, -0.05) is 6.07 Å². The van der Waals surface area contributed by atoms with Crippen LogP contribution in [0.15, 0.2) is 24.4 Å². The highest BCUT2D eigenvalue weighted by molar-refractivity contribution is 5.11. The molecule has 0 bridgehead atoms. The van der Waals surface area contributed by atoms with Crippen LogP contribution in [0.1, 0.15) is 35.2 Å². The van der Waals surface area contributed by atoms with Gasteiger partial charge in [0.1, 0.15) is 5.82 Å². The van der Waals surface area contributed by atoms with Gasteiger partial charge in [-0.25, -0.2) is 4.98 Å². The second kappa shape index (κ2) is 5.13. The lowest BCUT2D eigenvalue weighted by Gasteiger charge is -2.15. The number of aromatic amines is 1. The van der Waals surface area contributed by atoms with Crippen molar-refractivity contribution in [1.82, 2.24) is 19.9 Å². The first-order valence-electron chi connectivity index (χ1n) is 6.87. The molecule has 0 aliphatic carbocycles. The zero-order chi connectivity index (χ0) is 13.2. The number of hydrogen-bond acceptors (Lipinski definition) is 3. The highest BCUT2D eigenvalue weighted by atomic mass is 15.2. The first-order valence-corrected chi connectivity index (χ1v) is 6.87. The van der Waals surface area contributed by atoms with E-state index in [1.807, 2.05) is 19.2 Å². The molecule has 4 nitrogen and oxygen atoms in total. The van der Waals surface area contributed by atoms with Crippen LogP contribution in [0, 0.1) is 13.8 Å². The van der Waals surface area contributed by atoms with Crippen molar-refractivity contribution in [2.75, 3.05) is 13.1 Å². The zero-order valence-electron chi connectivity index (χ0n) is 11.6. The van der Waals surface area contributed by atoms with Gasteiger partial charge in [0, 0.05) is 36.6 Å². The van der Waals surface area contributed by atoms with Crippen LogP contribution in [0.3, 0.4) is 0 Å². The zero-order valence-corrected chi connectivity index (χ0v) is 11.6. The number of hydrogen-bond donors (Lipinski definition) is 1. The maximum atomic E-state index is 4.57. The smallest absolute Gasteiger partial charge is 0.110 e. The first kappa shape index (κ1) is 12.4. The Labute approximate surface area is 113 Å². The van der Waals surface area contributed by atoms with E-state index < -0.39 is 0 Å². The lowest BCUT2D eigenvalue weighted by atomic mass is 10.1. The molecule has 3 heterocycles. The van der Waals surface area contributed by atoms with Crippen molar-refractivity contribution in [3.63, 3.8) is 0 Å². The molecule has 1 atom stereocenters. The summed E-state index contributed by atoms with van der Waals surface area (Å²) in [5.74, 6) is 1.68. The Morgan fingerprint density at radius 2 is 2.26 bits per heavy atom. The van der Waals surface area contributed by atoms with Gasteiger partial charge in [0.2, 0.25) is 0 Å². The molecule has 1 aliphatic rings. The molecule has 0 aromatic carbocycles. The summed E-state index contributed by atoms with van der Waals surface area (Å²) in [7, 11) is 0. The number of likely N-dealkylation sites (tertiary alicyclic amines) is 1. The molecule has 0 radical (unpaired) electrons. The summed E-state index contributed by atoms with van der Waals surface area (Å²) in [5.41, 5.74) is 3.40. The van der Waals surface area contributed by atoms with Gasteiger partial charge in [-0.2, -0.15) is 0 Å². The average molecular weight is 256 g/mol. The molecule has 0 spiro atoms. The summed E-state index contributed by atoms with van der Waals surface area (Å²) in [6.07, 6.45) is 3.10. The molecule has 1 fully saturated rings. The van der Waals surface area contributed by atoms with Crippen molar-refractivity contribution in [3.05, 3.63) is 47.3 Å². The predicted molar refractivity (Wildman–Crippen MR) is 74.9 cm³/mol. The first-order chi connectivity index (χ1) is 9.20. The minimum absolute atomic E-state index is 0.540. The van der Waals surface area contributed by atoms with Crippen LogP contribution in [-0.4, -0.2) is 32.9 Å². The normalized spacial score (nSPS) is 20.0. The van der Waals surface area contributed by atoms with E-state index in [-0.39, 0.29) is 0 Å². The van der Waals surface area contributed by atoms with Crippen molar-refractivity contribution >= 4 is 0 Å². The Bertz CT molecular complexity index is 561. The monoisotopic (exact) mass is 256 g/mol. The lowest BCUT2D eigenvalue weighted by Crippen LogP contribution is -2.20. The molecule has 4 heteroatoms. The summed E-state index contributed by atoms with van der Waals surface area (Å²) in [4.78, 5) is 14.8. The third-order valence-corrected chi connectivity index (χ3v) is 3.71. The van der Waals surface area contributed by atoms with E-state index in [9.17, 15) is 0 Å². The van der Waals surface area contributed by atoms with E-state index in [0.29, 0.717) is 5.92 Å². The largest absolute Gasteiger partial charge is 0.346 e. The standard InChI is InChI=1S/C15H20N4/c1-11-4-3-5-14(17-11)10-19-7-6-13(9-19)15-16-8-12(2)18-15/h3-5,8,13H,6-7,9-10H2,1-2H3,(H,16,18)/t13-/m1/s1. The highest BCUT2D eigenvalue weighted by Crippen LogP contribution is 2.25. The van der Waals surface area contributed by atoms with Crippen LogP contribution in [0.25, 0.3) is 0 Å². The molecular weight excluding hydrogens is 236 g/mol. The summed E-state index contributed by atoms with van der Waals surface area (Å²) < 4.78 is 0. The maximum absolute atomic E-state index is 4.57. The third-order valence-electron chi connectivity index (χ3n) is 3.71. The second-order valence-corrected chi connectivity index (χ2v) is 5.44. The van der Waals surface area contributed by atoms with Gasteiger partial charge in [-0.3, -0.25) is 9.88 Å². The van der Waals surface area contributed by atoms with Crippen molar-refractivity contribution < 1.29 is 0 Å². The van der Waals surface area contributed by atoms with Crippen LogP contribution in [-0.2, 0) is 6.54 Å². The Hall–Kier alpha value is -1.68. The molecular formula is C15H20N4. The summed E-state index contributed by atoms with van der Waals surface area (Å²) >= 11 is 0. The van der Waals surface area contributed by atoms with E-state index in [0.717, 1.165) is 42.5 Å². The average Bonchev–Trinajstić information content (AvgIpc) is 2.98. The Balaban J connectivity index is 1.63.